The Morgan fingerprint density at radius 1 is 0.882 bits per heavy atom. The maximum Gasteiger partial charge on any atom is 0.317 e. The van der Waals surface area contributed by atoms with Gasteiger partial charge in [-0.3, -0.25) is 19.2 Å². The highest BCUT2D eigenvalue weighted by molar-refractivity contribution is 6.42. The summed E-state index contributed by atoms with van der Waals surface area (Å²) in [5, 5.41) is 17.6. The van der Waals surface area contributed by atoms with Crippen LogP contribution in [0.15, 0.2) is 0 Å². The minimum Gasteiger partial charge on any atom is -0.481 e. The third kappa shape index (κ3) is 3.37. The first-order chi connectivity index (χ1) is 7.43. The van der Waals surface area contributed by atoms with Crippen molar-refractivity contribution in [3.63, 3.8) is 0 Å². The normalized spacial score (nSPS) is 12.0. The van der Waals surface area contributed by atoms with Crippen LogP contribution in [-0.4, -0.2) is 33.7 Å². The number of carbonyl (C=O) groups is 4. The van der Waals surface area contributed by atoms with Crippen LogP contribution < -0.4 is 0 Å². The van der Waals surface area contributed by atoms with E-state index in [-0.39, 0.29) is 0 Å². The molecule has 96 valence electrons. The Balaban J connectivity index is 4.94. The standard InChI is InChI=1S/C11H16O6/c1-10(2,8(14)15)5-6(12)7(13)11(3,4)9(16)17/h5H2,1-4H3,(H,14,15)(H,16,17). The Hall–Kier alpha value is -1.72. The van der Waals surface area contributed by atoms with Gasteiger partial charge in [0.2, 0.25) is 11.6 Å². The van der Waals surface area contributed by atoms with Crippen molar-refractivity contribution in [1.82, 2.24) is 0 Å². The Morgan fingerprint density at radius 2 is 1.29 bits per heavy atom. The Labute approximate surface area is 98.6 Å². The minimum absolute atomic E-state index is 0.516. The molecule has 6 heteroatoms. The summed E-state index contributed by atoms with van der Waals surface area (Å²) >= 11 is 0. The lowest BCUT2D eigenvalue weighted by atomic mass is 9.80. The van der Waals surface area contributed by atoms with Gasteiger partial charge in [-0.1, -0.05) is 0 Å². The summed E-state index contributed by atoms with van der Waals surface area (Å²) in [5.41, 5.74) is -3.22. The van der Waals surface area contributed by atoms with E-state index in [4.69, 9.17) is 10.2 Å². The quantitative estimate of drug-likeness (QED) is 0.526. The van der Waals surface area contributed by atoms with Crippen LogP contribution in [0.5, 0.6) is 0 Å². The number of carbonyl (C=O) groups excluding carboxylic acids is 2. The molecule has 0 aliphatic carbocycles. The summed E-state index contributed by atoms with van der Waals surface area (Å²) in [6, 6.07) is 0. The molecular weight excluding hydrogens is 228 g/mol. The van der Waals surface area contributed by atoms with Crippen molar-refractivity contribution >= 4 is 23.5 Å². The predicted molar refractivity (Wildman–Crippen MR) is 57.5 cm³/mol. The van der Waals surface area contributed by atoms with Crippen LogP contribution in [0.4, 0.5) is 0 Å². The molecule has 17 heavy (non-hydrogen) atoms. The number of hydrogen-bond donors (Lipinski definition) is 2. The van der Waals surface area contributed by atoms with Crippen LogP contribution in [0, 0.1) is 10.8 Å². The molecule has 0 aromatic heterocycles. The third-order valence-corrected chi connectivity index (χ3v) is 2.54. The summed E-state index contributed by atoms with van der Waals surface area (Å²) in [6.07, 6.45) is -0.516. The molecule has 0 bridgehead atoms. The fourth-order valence-corrected chi connectivity index (χ4v) is 1.00. The SMILES string of the molecule is CC(C)(CC(=O)C(=O)C(C)(C)C(=O)O)C(=O)O. The molecule has 0 atom stereocenters. The third-order valence-electron chi connectivity index (χ3n) is 2.54. The number of hydrogen-bond acceptors (Lipinski definition) is 4. The highest BCUT2D eigenvalue weighted by Gasteiger charge is 2.42. The number of Topliss-reactive ketones (excluding diaryl/α,β-unsaturated/α-hetero) is 2. The molecule has 0 amide bonds. The summed E-state index contributed by atoms with van der Waals surface area (Å²) in [4.78, 5) is 44.7. The van der Waals surface area contributed by atoms with Gasteiger partial charge in [-0.15, -0.1) is 0 Å². The van der Waals surface area contributed by atoms with Crippen LogP contribution in [0.2, 0.25) is 0 Å². The maximum atomic E-state index is 11.6. The van der Waals surface area contributed by atoms with E-state index in [1.54, 1.807) is 0 Å². The van der Waals surface area contributed by atoms with E-state index in [1.165, 1.54) is 13.8 Å². The molecule has 0 radical (unpaired) electrons. The molecule has 0 aromatic rings. The highest BCUT2D eigenvalue weighted by atomic mass is 16.4. The monoisotopic (exact) mass is 244 g/mol. The zero-order valence-electron chi connectivity index (χ0n) is 10.2. The predicted octanol–water partition coefficient (Wildman–Crippen LogP) is 0.736. The molecule has 6 nitrogen and oxygen atoms in total. The van der Waals surface area contributed by atoms with E-state index >= 15 is 0 Å². The van der Waals surface area contributed by atoms with Crippen molar-refractivity contribution in [2.45, 2.75) is 34.1 Å². The van der Waals surface area contributed by atoms with Gasteiger partial charge in [-0.05, 0) is 27.7 Å². The zero-order chi connectivity index (χ0) is 14.0. The Bertz CT molecular complexity index is 377. The van der Waals surface area contributed by atoms with Gasteiger partial charge in [-0.25, -0.2) is 0 Å². The smallest absolute Gasteiger partial charge is 0.317 e. The van der Waals surface area contributed by atoms with E-state index < -0.39 is 40.8 Å². The van der Waals surface area contributed by atoms with Crippen molar-refractivity contribution in [2.75, 3.05) is 0 Å². The van der Waals surface area contributed by atoms with Crippen LogP contribution in [-0.2, 0) is 19.2 Å². The second kappa shape index (κ2) is 4.65. The molecule has 2 N–H and O–H groups in total. The number of carboxylic acid groups (broad SMARTS) is 2. The summed E-state index contributed by atoms with van der Waals surface area (Å²) in [7, 11) is 0. The molecule has 0 aromatic carbocycles. The van der Waals surface area contributed by atoms with Crippen molar-refractivity contribution in [1.29, 1.82) is 0 Å². The van der Waals surface area contributed by atoms with Gasteiger partial charge in [0.15, 0.2) is 0 Å². The van der Waals surface area contributed by atoms with Gasteiger partial charge >= 0.3 is 11.9 Å². The van der Waals surface area contributed by atoms with Crippen molar-refractivity contribution in [2.24, 2.45) is 10.8 Å². The molecule has 0 rings (SSSR count). The molecular formula is C11H16O6. The van der Waals surface area contributed by atoms with Gasteiger partial charge in [0.05, 0.1) is 5.41 Å². The van der Waals surface area contributed by atoms with Gasteiger partial charge in [0.1, 0.15) is 5.41 Å². The highest BCUT2D eigenvalue weighted by Crippen LogP contribution is 2.25. The lowest BCUT2D eigenvalue weighted by molar-refractivity contribution is -0.157. The molecule has 0 heterocycles. The second-order valence-corrected chi connectivity index (χ2v) is 5.05. The van der Waals surface area contributed by atoms with E-state index in [9.17, 15) is 19.2 Å². The summed E-state index contributed by atoms with van der Waals surface area (Å²) in [6.45, 7) is 4.83. The first kappa shape index (κ1) is 15.3. The van der Waals surface area contributed by atoms with Crippen LogP contribution in [0.1, 0.15) is 34.1 Å². The maximum absolute atomic E-state index is 11.6. The first-order valence-electron chi connectivity index (χ1n) is 4.97. The summed E-state index contributed by atoms with van der Waals surface area (Å²) < 4.78 is 0. The van der Waals surface area contributed by atoms with E-state index in [1.807, 2.05) is 0 Å². The number of rotatable bonds is 6. The fraction of sp³-hybridized carbons (Fsp3) is 0.636. The van der Waals surface area contributed by atoms with Crippen LogP contribution in [0.25, 0.3) is 0 Å². The zero-order valence-corrected chi connectivity index (χ0v) is 10.2. The average Bonchev–Trinajstić information content (AvgIpc) is 2.15. The van der Waals surface area contributed by atoms with E-state index in [0.717, 1.165) is 13.8 Å². The summed E-state index contributed by atoms with van der Waals surface area (Å²) in [5.74, 6) is -4.69. The molecule has 0 aliphatic heterocycles. The fourth-order valence-electron chi connectivity index (χ4n) is 1.00. The molecule has 0 aliphatic rings. The van der Waals surface area contributed by atoms with Gasteiger partial charge in [0, 0.05) is 6.42 Å². The molecule has 0 unspecified atom stereocenters. The van der Waals surface area contributed by atoms with Crippen LogP contribution >= 0.6 is 0 Å². The lowest BCUT2D eigenvalue weighted by Gasteiger charge is -2.21. The van der Waals surface area contributed by atoms with E-state index in [0.29, 0.717) is 0 Å². The second-order valence-electron chi connectivity index (χ2n) is 5.05. The largest absolute Gasteiger partial charge is 0.481 e. The van der Waals surface area contributed by atoms with Gasteiger partial charge < -0.3 is 10.2 Å². The van der Waals surface area contributed by atoms with Crippen molar-refractivity contribution < 1.29 is 29.4 Å². The number of aliphatic carboxylic acids is 2. The topological polar surface area (TPSA) is 109 Å². The number of ketones is 2. The van der Waals surface area contributed by atoms with Crippen LogP contribution in [0.3, 0.4) is 0 Å². The van der Waals surface area contributed by atoms with Gasteiger partial charge in [0.25, 0.3) is 0 Å². The molecule has 0 saturated heterocycles. The average molecular weight is 244 g/mol. The van der Waals surface area contributed by atoms with E-state index in [2.05, 4.69) is 0 Å². The number of carboxylic acids is 2. The Kier molecular flexibility index (Phi) is 4.18. The molecule has 0 saturated carbocycles. The molecule has 0 spiro atoms. The van der Waals surface area contributed by atoms with Crippen molar-refractivity contribution in [3.8, 4) is 0 Å². The Morgan fingerprint density at radius 3 is 1.59 bits per heavy atom. The molecule has 0 fully saturated rings. The van der Waals surface area contributed by atoms with Gasteiger partial charge in [-0.2, -0.15) is 0 Å². The lowest BCUT2D eigenvalue weighted by Crippen LogP contribution is -2.40. The van der Waals surface area contributed by atoms with Crippen molar-refractivity contribution in [3.05, 3.63) is 0 Å². The first-order valence-corrected chi connectivity index (χ1v) is 4.97. The minimum atomic E-state index is -1.83.